The summed E-state index contributed by atoms with van der Waals surface area (Å²) >= 11 is 12.2. The van der Waals surface area contributed by atoms with Crippen molar-refractivity contribution in [2.24, 2.45) is 0 Å². The van der Waals surface area contributed by atoms with Crippen molar-refractivity contribution < 1.29 is 19.3 Å². The van der Waals surface area contributed by atoms with Crippen molar-refractivity contribution in [2.75, 3.05) is 19.6 Å². The van der Waals surface area contributed by atoms with E-state index in [2.05, 4.69) is 5.32 Å². The van der Waals surface area contributed by atoms with Crippen LogP contribution >= 0.6 is 23.2 Å². The predicted molar refractivity (Wildman–Crippen MR) is 148 cm³/mol. The van der Waals surface area contributed by atoms with Crippen molar-refractivity contribution in [3.63, 3.8) is 0 Å². The highest BCUT2D eigenvalue weighted by atomic mass is 35.5. The van der Waals surface area contributed by atoms with E-state index in [-0.39, 0.29) is 53.6 Å². The maximum Gasteiger partial charge on any atom is 0.269 e. The number of carbonyl (C=O) groups is 3. The molecular weight excluding hydrogens is 543 g/mol. The minimum absolute atomic E-state index is 0.134. The molecule has 2 unspecified atom stereocenters. The number of piperazine rings is 1. The van der Waals surface area contributed by atoms with Gasteiger partial charge in [-0.3, -0.25) is 24.5 Å². The van der Waals surface area contributed by atoms with E-state index in [4.69, 9.17) is 23.2 Å². The number of hydrogen-bond acceptors (Lipinski definition) is 5. The molecule has 1 N–H and O–H groups in total. The van der Waals surface area contributed by atoms with E-state index >= 15 is 0 Å². The Kier molecular flexibility index (Phi) is 8.83. The highest BCUT2D eigenvalue weighted by Crippen LogP contribution is 2.24. The zero-order valence-electron chi connectivity index (χ0n) is 21.1. The fourth-order valence-corrected chi connectivity index (χ4v) is 5.01. The Bertz CT molecular complexity index is 1380. The maximum atomic E-state index is 13.7. The third-order valence-corrected chi connectivity index (χ3v) is 7.14. The van der Waals surface area contributed by atoms with E-state index in [1.165, 1.54) is 30.3 Å². The van der Waals surface area contributed by atoms with Gasteiger partial charge in [0.25, 0.3) is 17.5 Å². The van der Waals surface area contributed by atoms with Crippen LogP contribution in [0, 0.1) is 10.1 Å². The lowest BCUT2D eigenvalue weighted by Crippen LogP contribution is -2.59. The predicted octanol–water partition coefficient (Wildman–Crippen LogP) is 4.62. The molecule has 0 radical (unpaired) electrons. The van der Waals surface area contributed by atoms with Gasteiger partial charge >= 0.3 is 0 Å². The quantitative estimate of drug-likeness (QED) is 0.330. The average molecular weight is 569 g/mol. The monoisotopic (exact) mass is 568 g/mol. The lowest BCUT2D eigenvalue weighted by Gasteiger charge is -2.41. The number of amides is 3. The van der Waals surface area contributed by atoms with E-state index in [0.29, 0.717) is 17.1 Å². The summed E-state index contributed by atoms with van der Waals surface area (Å²) in [5, 5.41) is 14.4. The Labute approximate surface area is 235 Å². The highest BCUT2D eigenvalue weighted by molar-refractivity contribution is 6.36. The molecule has 3 amide bonds. The van der Waals surface area contributed by atoms with Gasteiger partial charge in [0, 0.05) is 54.8 Å². The molecule has 11 heteroatoms. The van der Waals surface area contributed by atoms with E-state index in [1.54, 1.807) is 21.9 Å². The molecular formula is C28H26Cl2N4O5. The first-order valence-corrected chi connectivity index (χ1v) is 13.0. The molecule has 0 saturated carbocycles. The number of carbonyl (C=O) groups excluding carboxylic acids is 3. The van der Waals surface area contributed by atoms with E-state index < -0.39 is 16.9 Å². The first-order chi connectivity index (χ1) is 18.6. The van der Waals surface area contributed by atoms with Crippen LogP contribution in [0.1, 0.15) is 33.2 Å². The minimum atomic E-state index is -0.879. The molecule has 202 valence electrons. The van der Waals surface area contributed by atoms with Crippen LogP contribution in [0.3, 0.4) is 0 Å². The molecule has 0 aliphatic carbocycles. The van der Waals surface area contributed by atoms with Crippen molar-refractivity contribution in [3.05, 3.63) is 110 Å². The molecule has 1 saturated heterocycles. The van der Waals surface area contributed by atoms with Crippen LogP contribution < -0.4 is 5.32 Å². The highest BCUT2D eigenvalue weighted by Gasteiger charge is 2.34. The molecule has 2 atom stereocenters. The van der Waals surface area contributed by atoms with Crippen LogP contribution in [0.4, 0.5) is 5.69 Å². The van der Waals surface area contributed by atoms with Gasteiger partial charge in [0.2, 0.25) is 5.91 Å². The van der Waals surface area contributed by atoms with Crippen LogP contribution in [0.5, 0.6) is 0 Å². The van der Waals surface area contributed by atoms with Crippen LogP contribution in [0.2, 0.25) is 10.0 Å². The molecule has 3 aromatic carbocycles. The molecule has 0 spiro atoms. The van der Waals surface area contributed by atoms with Gasteiger partial charge in [-0.05, 0) is 42.8 Å². The molecule has 1 aliphatic heterocycles. The summed E-state index contributed by atoms with van der Waals surface area (Å²) in [5.41, 5.74) is 1.27. The van der Waals surface area contributed by atoms with Gasteiger partial charge in [-0.25, -0.2) is 0 Å². The lowest BCUT2D eigenvalue weighted by molar-refractivity contribution is -0.384. The number of halogens is 2. The molecule has 1 aliphatic rings. The molecule has 3 aromatic rings. The van der Waals surface area contributed by atoms with Crippen LogP contribution in [-0.4, -0.2) is 64.2 Å². The number of nitrogens with one attached hydrogen (secondary N) is 1. The van der Waals surface area contributed by atoms with Crippen molar-refractivity contribution in [3.8, 4) is 0 Å². The fraction of sp³-hybridized carbons (Fsp3) is 0.250. The number of nitrogens with zero attached hydrogens (tertiary/aromatic N) is 3. The van der Waals surface area contributed by atoms with Crippen LogP contribution in [0.15, 0.2) is 72.8 Å². The van der Waals surface area contributed by atoms with Gasteiger partial charge in [-0.2, -0.15) is 0 Å². The molecule has 0 bridgehead atoms. The van der Waals surface area contributed by atoms with Gasteiger partial charge in [-0.1, -0.05) is 53.5 Å². The Morgan fingerprint density at radius 3 is 2.33 bits per heavy atom. The Hall–Kier alpha value is -3.95. The van der Waals surface area contributed by atoms with Crippen molar-refractivity contribution in [1.82, 2.24) is 15.1 Å². The molecule has 39 heavy (non-hydrogen) atoms. The van der Waals surface area contributed by atoms with Crippen molar-refractivity contribution in [1.29, 1.82) is 0 Å². The number of hydrogen-bond donors (Lipinski definition) is 1. The minimum Gasteiger partial charge on any atom is -0.340 e. The van der Waals surface area contributed by atoms with Gasteiger partial charge in [0.15, 0.2) is 0 Å². The summed E-state index contributed by atoms with van der Waals surface area (Å²) in [4.78, 5) is 53.6. The summed E-state index contributed by atoms with van der Waals surface area (Å²) in [6.45, 7) is 2.69. The van der Waals surface area contributed by atoms with Gasteiger partial charge in [-0.15, -0.1) is 0 Å². The molecule has 9 nitrogen and oxygen atoms in total. The first-order valence-electron chi connectivity index (χ1n) is 12.3. The van der Waals surface area contributed by atoms with E-state index in [1.807, 2.05) is 37.3 Å². The summed E-state index contributed by atoms with van der Waals surface area (Å²) < 4.78 is 0. The number of benzene rings is 3. The van der Waals surface area contributed by atoms with E-state index in [9.17, 15) is 24.5 Å². The van der Waals surface area contributed by atoms with Crippen molar-refractivity contribution >= 4 is 46.6 Å². The normalized spacial score (nSPS) is 15.9. The fourth-order valence-electron chi connectivity index (χ4n) is 4.52. The second kappa shape index (κ2) is 12.3. The van der Waals surface area contributed by atoms with Gasteiger partial charge in [0.1, 0.15) is 6.04 Å². The largest absolute Gasteiger partial charge is 0.340 e. The number of rotatable bonds is 7. The zero-order valence-corrected chi connectivity index (χ0v) is 22.6. The Morgan fingerprint density at radius 1 is 1.03 bits per heavy atom. The summed E-state index contributed by atoms with van der Waals surface area (Å²) in [7, 11) is 0. The third-order valence-electron chi connectivity index (χ3n) is 6.59. The van der Waals surface area contributed by atoms with Crippen LogP contribution in [-0.2, 0) is 11.2 Å². The molecule has 1 fully saturated rings. The maximum absolute atomic E-state index is 13.7. The number of non-ortho nitro benzene ring substituents is 1. The second-order valence-corrected chi connectivity index (χ2v) is 10.1. The SMILES string of the molecule is CC1CN(C(=O)C(Cc2ccccc2)NC(=O)c2ccc([N+](=O)[O-])cc2)CCN1C(=O)c1ccc(Cl)cc1Cl. The Morgan fingerprint density at radius 2 is 1.72 bits per heavy atom. The summed E-state index contributed by atoms with van der Waals surface area (Å²) in [5.74, 6) is -1.04. The number of nitro benzene ring substituents is 1. The second-order valence-electron chi connectivity index (χ2n) is 9.28. The van der Waals surface area contributed by atoms with Crippen molar-refractivity contribution in [2.45, 2.75) is 25.4 Å². The standard InChI is InChI=1S/C28H26Cl2N4O5/c1-18-17-32(13-14-33(18)27(36)23-12-9-21(29)16-24(23)30)28(37)25(15-19-5-3-2-4-6-19)31-26(35)20-7-10-22(11-8-20)34(38)39/h2-12,16,18,25H,13-15,17H2,1H3,(H,31,35). The zero-order chi connectivity index (χ0) is 28.1. The van der Waals surface area contributed by atoms with Crippen LogP contribution in [0.25, 0.3) is 0 Å². The smallest absolute Gasteiger partial charge is 0.269 e. The lowest BCUT2D eigenvalue weighted by atomic mass is 10.0. The molecule has 1 heterocycles. The first kappa shape index (κ1) is 28.1. The topological polar surface area (TPSA) is 113 Å². The number of nitro groups is 1. The van der Waals surface area contributed by atoms with Gasteiger partial charge in [0.05, 0.1) is 15.5 Å². The third kappa shape index (κ3) is 6.74. The summed E-state index contributed by atoms with van der Waals surface area (Å²) in [6.07, 6.45) is 0.256. The average Bonchev–Trinajstić information content (AvgIpc) is 2.92. The summed E-state index contributed by atoms with van der Waals surface area (Å²) in [6, 6.07) is 18.0. The van der Waals surface area contributed by atoms with E-state index in [0.717, 1.165) is 5.56 Å². The molecule has 4 rings (SSSR count). The Balaban J connectivity index is 1.49. The molecule has 0 aromatic heterocycles. The van der Waals surface area contributed by atoms with Gasteiger partial charge < -0.3 is 15.1 Å².